The highest BCUT2D eigenvalue weighted by atomic mass is 14.4. The maximum Gasteiger partial charge on any atom is 0.0998 e. The van der Waals surface area contributed by atoms with Crippen LogP contribution in [0.4, 0.5) is 0 Å². The van der Waals surface area contributed by atoms with E-state index in [1.165, 1.54) is 0 Å². The fraction of sp³-hybridized carbons (Fsp3) is 0.267. The lowest BCUT2D eigenvalue weighted by atomic mass is 9.73. The standard InChI is InChI=1S/C60H54N4/c1-57(2,3)43-21-13-35(14-22-43)47-48(36-15-23-44(24-16-36)58(4,5)6)52-40(32-62)30-42(34-64)54-50(38-19-27-46(28-20-38)60(10,11)12)49(37-17-25-45(26-18-37)59(7,8)9)53-41(33-63)29-39(31-61)51(47)55(53)56(52)54/h13-30H,1-12H3. The highest BCUT2D eigenvalue weighted by Crippen LogP contribution is 2.56. The molecule has 0 spiro atoms. The van der Waals surface area contributed by atoms with E-state index in [-0.39, 0.29) is 21.7 Å². The number of hydrogen-bond donors (Lipinski definition) is 0. The maximum absolute atomic E-state index is 11.3. The normalized spacial score (nSPS) is 12.3. The Morgan fingerprint density at radius 2 is 0.438 bits per heavy atom. The van der Waals surface area contributed by atoms with Crippen molar-refractivity contribution in [3.63, 3.8) is 0 Å². The Bertz CT molecular complexity index is 2880. The second-order valence-electron chi connectivity index (χ2n) is 21.4. The topological polar surface area (TPSA) is 95.2 Å². The first kappa shape index (κ1) is 43.4. The van der Waals surface area contributed by atoms with Crippen molar-refractivity contribution < 1.29 is 0 Å². The zero-order chi connectivity index (χ0) is 46.3. The molecule has 0 aliphatic rings. The molecule has 8 aromatic carbocycles. The van der Waals surface area contributed by atoms with Crippen LogP contribution in [0.15, 0.2) is 109 Å². The average molecular weight is 831 g/mol. The van der Waals surface area contributed by atoms with Gasteiger partial charge in [-0.05, 0) is 101 Å². The summed E-state index contributed by atoms with van der Waals surface area (Å²) in [5, 5.41) is 49.2. The van der Waals surface area contributed by atoms with Crippen molar-refractivity contribution in [3.05, 3.63) is 154 Å². The molecule has 0 atom stereocenters. The molecule has 0 N–H and O–H groups in total. The van der Waals surface area contributed by atoms with Crippen molar-refractivity contribution in [3.8, 4) is 68.8 Å². The fourth-order valence-electron chi connectivity index (χ4n) is 9.46. The van der Waals surface area contributed by atoms with Gasteiger partial charge >= 0.3 is 0 Å². The van der Waals surface area contributed by atoms with E-state index in [0.717, 1.165) is 66.8 Å². The molecule has 0 saturated carbocycles. The molecule has 0 fully saturated rings. The summed E-state index contributed by atoms with van der Waals surface area (Å²) in [5.74, 6) is 0. The Morgan fingerprint density at radius 1 is 0.266 bits per heavy atom. The molecule has 0 aliphatic carbocycles. The Balaban J connectivity index is 1.73. The third-order valence-corrected chi connectivity index (χ3v) is 13.0. The van der Waals surface area contributed by atoms with E-state index in [4.69, 9.17) is 0 Å². The van der Waals surface area contributed by atoms with Crippen LogP contribution in [-0.2, 0) is 21.7 Å². The summed E-state index contributed by atoms with van der Waals surface area (Å²) in [6.07, 6.45) is 0. The summed E-state index contributed by atoms with van der Waals surface area (Å²) < 4.78 is 0. The van der Waals surface area contributed by atoms with Crippen LogP contribution in [0.5, 0.6) is 0 Å². The molecule has 0 aromatic heterocycles. The Morgan fingerprint density at radius 3 is 0.578 bits per heavy atom. The summed E-state index contributed by atoms with van der Waals surface area (Å²) >= 11 is 0. The van der Waals surface area contributed by atoms with E-state index in [2.05, 4.69) is 204 Å². The van der Waals surface area contributed by atoms with Gasteiger partial charge in [-0.2, -0.15) is 21.0 Å². The highest BCUT2D eigenvalue weighted by Gasteiger charge is 2.32. The fourth-order valence-corrected chi connectivity index (χ4v) is 9.46. The second kappa shape index (κ2) is 15.2. The molecular weight excluding hydrogens is 777 g/mol. The van der Waals surface area contributed by atoms with Crippen LogP contribution in [0.1, 0.15) is 128 Å². The quantitative estimate of drug-likeness (QED) is 0.165. The first-order valence-electron chi connectivity index (χ1n) is 22.1. The van der Waals surface area contributed by atoms with Crippen LogP contribution in [0.25, 0.3) is 76.8 Å². The molecule has 0 bridgehead atoms. The number of benzene rings is 8. The van der Waals surface area contributed by atoms with E-state index in [9.17, 15) is 21.0 Å². The highest BCUT2D eigenvalue weighted by molar-refractivity contribution is 6.39. The second-order valence-corrected chi connectivity index (χ2v) is 21.4. The van der Waals surface area contributed by atoms with Crippen molar-refractivity contribution in [2.45, 2.75) is 105 Å². The minimum Gasteiger partial charge on any atom is -0.192 e. The molecular formula is C60H54N4. The van der Waals surface area contributed by atoms with E-state index in [1.54, 1.807) is 12.1 Å². The zero-order valence-corrected chi connectivity index (χ0v) is 39.2. The van der Waals surface area contributed by atoms with Crippen LogP contribution < -0.4 is 0 Å². The van der Waals surface area contributed by atoms with E-state index >= 15 is 0 Å². The van der Waals surface area contributed by atoms with Crippen LogP contribution >= 0.6 is 0 Å². The van der Waals surface area contributed by atoms with Gasteiger partial charge in [-0.1, -0.05) is 180 Å². The molecule has 4 heteroatoms. The van der Waals surface area contributed by atoms with E-state index in [0.29, 0.717) is 54.6 Å². The van der Waals surface area contributed by atoms with Gasteiger partial charge in [-0.25, -0.2) is 0 Å². The lowest BCUT2D eigenvalue weighted by Crippen LogP contribution is -2.11. The first-order valence-corrected chi connectivity index (χ1v) is 22.1. The molecule has 64 heavy (non-hydrogen) atoms. The molecule has 4 nitrogen and oxygen atoms in total. The van der Waals surface area contributed by atoms with Gasteiger partial charge in [0.15, 0.2) is 0 Å². The van der Waals surface area contributed by atoms with Gasteiger partial charge in [0.2, 0.25) is 0 Å². The van der Waals surface area contributed by atoms with Gasteiger partial charge in [-0.15, -0.1) is 0 Å². The monoisotopic (exact) mass is 830 g/mol. The zero-order valence-electron chi connectivity index (χ0n) is 39.2. The van der Waals surface area contributed by atoms with Gasteiger partial charge < -0.3 is 0 Å². The van der Waals surface area contributed by atoms with Gasteiger partial charge in [-0.3, -0.25) is 0 Å². The number of hydrogen-bond acceptors (Lipinski definition) is 4. The summed E-state index contributed by atoms with van der Waals surface area (Å²) in [6.45, 7) is 26.3. The van der Waals surface area contributed by atoms with Crippen molar-refractivity contribution in [1.29, 1.82) is 21.0 Å². The Hall–Kier alpha value is -7.24. The Kier molecular flexibility index (Phi) is 10.3. The lowest BCUT2D eigenvalue weighted by molar-refractivity contribution is 0.590. The average Bonchev–Trinajstić information content (AvgIpc) is 3.26. The van der Waals surface area contributed by atoms with Crippen molar-refractivity contribution in [1.82, 2.24) is 0 Å². The number of nitrogens with zero attached hydrogens (tertiary/aromatic N) is 4. The predicted octanol–water partition coefficient (Wildman–Crippen LogP) is 15.9. The number of rotatable bonds is 4. The Labute approximate surface area is 379 Å². The minimum atomic E-state index is -0.108. The van der Waals surface area contributed by atoms with Gasteiger partial charge in [0.1, 0.15) is 0 Å². The molecule has 0 unspecified atom stereocenters. The van der Waals surface area contributed by atoms with Crippen LogP contribution in [0, 0.1) is 45.3 Å². The molecule has 0 amide bonds. The van der Waals surface area contributed by atoms with Crippen LogP contribution in [0.3, 0.4) is 0 Å². The molecule has 8 aromatic rings. The molecule has 0 heterocycles. The van der Waals surface area contributed by atoms with Crippen molar-refractivity contribution in [2.24, 2.45) is 0 Å². The smallest absolute Gasteiger partial charge is 0.0998 e. The molecule has 0 aliphatic heterocycles. The summed E-state index contributed by atoms with van der Waals surface area (Å²) in [6, 6.07) is 47.8. The summed E-state index contributed by atoms with van der Waals surface area (Å²) in [5.41, 5.74) is 12.4. The third-order valence-electron chi connectivity index (χ3n) is 13.0. The van der Waals surface area contributed by atoms with Crippen molar-refractivity contribution in [2.75, 3.05) is 0 Å². The lowest BCUT2D eigenvalue weighted by Gasteiger charge is -2.28. The molecule has 0 saturated heterocycles. The predicted molar refractivity (Wildman–Crippen MR) is 266 cm³/mol. The SMILES string of the molecule is CC(C)(C)c1ccc(-c2c(-c3ccc(C(C)(C)C)cc3)c3c(C#N)cc(C#N)c4c(-c5ccc(C(C)(C)C)cc5)c(-c5ccc(C(C)(C)C)cc5)c5c(C#N)cc(C#N)c2c5c34)cc1. The van der Waals surface area contributed by atoms with Crippen molar-refractivity contribution >= 4 is 32.3 Å². The maximum atomic E-state index is 11.3. The van der Waals surface area contributed by atoms with Gasteiger partial charge in [0.25, 0.3) is 0 Å². The third kappa shape index (κ3) is 7.15. The molecule has 0 radical (unpaired) electrons. The molecule has 314 valence electrons. The summed E-state index contributed by atoms with van der Waals surface area (Å²) in [4.78, 5) is 0. The molecule has 8 rings (SSSR count). The van der Waals surface area contributed by atoms with Gasteiger partial charge in [0, 0.05) is 32.3 Å². The largest absolute Gasteiger partial charge is 0.192 e. The minimum absolute atomic E-state index is 0.108. The summed E-state index contributed by atoms with van der Waals surface area (Å²) in [7, 11) is 0. The van der Waals surface area contributed by atoms with Crippen LogP contribution in [-0.4, -0.2) is 0 Å². The van der Waals surface area contributed by atoms with E-state index < -0.39 is 0 Å². The van der Waals surface area contributed by atoms with E-state index in [1.807, 2.05) is 0 Å². The van der Waals surface area contributed by atoms with Crippen LogP contribution in [0.2, 0.25) is 0 Å². The first-order chi connectivity index (χ1) is 30.1. The number of nitriles is 4. The van der Waals surface area contributed by atoms with Gasteiger partial charge in [0.05, 0.1) is 46.5 Å².